The van der Waals surface area contributed by atoms with Crippen molar-refractivity contribution in [3.05, 3.63) is 27.7 Å². The molecule has 0 saturated carbocycles. The van der Waals surface area contributed by atoms with Crippen LogP contribution in [0.25, 0.3) is 0 Å². The third-order valence-electron chi connectivity index (χ3n) is 0.920. The van der Waals surface area contributed by atoms with Crippen LogP contribution in [0.4, 0.5) is 0 Å². The van der Waals surface area contributed by atoms with Crippen LogP contribution in [-0.4, -0.2) is 22.5 Å². The molecule has 0 amide bonds. The summed E-state index contributed by atoms with van der Waals surface area (Å²) in [5.74, 6) is 0. The molecule has 1 rings (SSSR count). The summed E-state index contributed by atoms with van der Waals surface area (Å²) in [5.41, 5.74) is 0. The molecule has 0 aromatic heterocycles. The van der Waals surface area contributed by atoms with Gasteiger partial charge in [0.25, 0.3) is 0 Å². The van der Waals surface area contributed by atoms with Crippen molar-refractivity contribution in [1.82, 2.24) is 0 Å². The van der Waals surface area contributed by atoms with Crippen molar-refractivity contribution in [1.29, 1.82) is 0 Å². The van der Waals surface area contributed by atoms with Gasteiger partial charge in [0.1, 0.15) is 0 Å². The van der Waals surface area contributed by atoms with E-state index >= 15 is 0 Å². The van der Waals surface area contributed by atoms with Gasteiger partial charge in [-0.05, 0) is 0 Å². The fourth-order valence-corrected chi connectivity index (χ4v) is 2.25. The van der Waals surface area contributed by atoms with E-state index in [2.05, 4.69) is 15.9 Å². The Kier molecular flexibility index (Phi) is 2.86. The van der Waals surface area contributed by atoms with Crippen molar-refractivity contribution >= 4 is 53.6 Å². The molecule has 1 aromatic rings. The van der Waals surface area contributed by atoms with E-state index < -0.39 is 0 Å². The molecule has 0 aliphatic heterocycles. The first-order valence-corrected chi connectivity index (χ1v) is 4.96. The molecule has 9 heavy (non-hydrogen) atoms. The Morgan fingerprint density at radius 2 is 2.11 bits per heavy atom. The van der Waals surface area contributed by atoms with Gasteiger partial charge < -0.3 is 0 Å². The third kappa shape index (κ3) is 2.13. The van der Waals surface area contributed by atoms with Crippen molar-refractivity contribution < 1.29 is 0 Å². The van der Waals surface area contributed by atoms with Crippen LogP contribution < -0.4 is 3.58 Å². The minimum absolute atomic E-state index is 0.779. The predicted molar refractivity (Wildman–Crippen MR) is 44.5 cm³/mol. The summed E-state index contributed by atoms with van der Waals surface area (Å²) in [6.45, 7) is 0. The summed E-state index contributed by atoms with van der Waals surface area (Å²) in [6.07, 6.45) is 0. The molecule has 0 aliphatic rings. The van der Waals surface area contributed by atoms with Gasteiger partial charge in [-0.1, -0.05) is 0 Å². The molecule has 0 bridgehead atoms. The zero-order valence-electron chi connectivity index (χ0n) is 4.49. The molecule has 0 atom stereocenters. The normalized spacial score (nSPS) is 9.67. The monoisotopic (exact) mass is 309 g/mol. The molecule has 0 saturated heterocycles. The van der Waals surface area contributed by atoms with Gasteiger partial charge in [-0.2, -0.15) is 0 Å². The Balaban J connectivity index is 3.17. The summed E-state index contributed by atoms with van der Waals surface area (Å²) in [5, 5.41) is 0.779. The number of hydrogen-bond acceptors (Lipinski definition) is 0. The number of hydrogen-bond donors (Lipinski definition) is 0. The van der Waals surface area contributed by atoms with E-state index in [1.54, 1.807) is 0 Å². The maximum absolute atomic E-state index is 5.74. The van der Waals surface area contributed by atoms with Crippen molar-refractivity contribution in [2.24, 2.45) is 0 Å². The zero-order chi connectivity index (χ0) is 6.85. The molecular formula is C6H3BrClSn. The molecule has 0 spiro atoms. The van der Waals surface area contributed by atoms with Crippen molar-refractivity contribution in [3.63, 3.8) is 0 Å². The van der Waals surface area contributed by atoms with Gasteiger partial charge >= 0.3 is 81.3 Å². The molecule has 0 aliphatic carbocycles. The first kappa shape index (κ1) is 7.89. The first-order chi connectivity index (χ1) is 4.20. The Hall–Kier alpha value is 0.789. The number of rotatable bonds is 0. The standard InChI is InChI=1S/C6H3BrCl.Sn/c7-5-3-1-2-4-6(5)8;/h2-4H;. The molecule has 1 aromatic carbocycles. The predicted octanol–water partition coefficient (Wildman–Crippen LogP) is 1.90. The van der Waals surface area contributed by atoms with Gasteiger partial charge in [-0.25, -0.2) is 0 Å². The van der Waals surface area contributed by atoms with E-state index in [1.165, 1.54) is 26.1 Å². The average Bonchev–Trinajstić information content (AvgIpc) is 1.80. The SMILES string of the molecule is Clc1cc[c]([Sn])cc1Br. The van der Waals surface area contributed by atoms with Crippen molar-refractivity contribution in [2.45, 2.75) is 0 Å². The summed E-state index contributed by atoms with van der Waals surface area (Å²) < 4.78 is 2.29. The Labute approximate surface area is 80.8 Å². The summed E-state index contributed by atoms with van der Waals surface area (Å²) in [7, 11) is 0. The molecule has 0 unspecified atom stereocenters. The fourth-order valence-electron chi connectivity index (χ4n) is 0.496. The van der Waals surface area contributed by atoms with E-state index in [-0.39, 0.29) is 0 Å². The zero-order valence-corrected chi connectivity index (χ0v) is 9.68. The van der Waals surface area contributed by atoms with Crippen LogP contribution in [0.5, 0.6) is 0 Å². The molecule has 0 heterocycles. The van der Waals surface area contributed by atoms with Gasteiger partial charge in [0, 0.05) is 0 Å². The topological polar surface area (TPSA) is 0 Å². The molecule has 3 radical (unpaired) electrons. The van der Waals surface area contributed by atoms with E-state index in [9.17, 15) is 0 Å². The molecule has 0 N–H and O–H groups in total. The fraction of sp³-hybridized carbons (Fsp3) is 0. The van der Waals surface area contributed by atoms with E-state index in [0.717, 1.165) is 9.50 Å². The third-order valence-corrected chi connectivity index (χ3v) is 3.02. The van der Waals surface area contributed by atoms with Gasteiger partial charge in [-0.15, -0.1) is 0 Å². The van der Waals surface area contributed by atoms with Crippen LogP contribution in [0.3, 0.4) is 0 Å². The summed E-state index contributed by atoms with van der Waals surface area (Å²) >= 11 is 10.5. The van der Waals surface area contributed by atoms with Crippen LogP contribution in [0.1, 0.15) is 0 Å². The molecule has 45 valence electrons. The van der Waals surface area contributed by atoms with Gasteiger partial charge in [0.05, 0.1) is 0 Å². The van der Waals surface area contributed by atoms with Gasteiger partial charge in [-0.3, -0.25) is 0 Å². The Morgan fingerprint density at radius 1 is 1.44 bits per heavy atom. The number of benzene rings is 1. The molecule has 0 nitrogen and oxygen atoms in total. The van der Waals surface area contributed by atoms with Gasteiger partial charge in [0.2, 0.25) is 0 Å². The summed E-state index contributed by atoms with van der Waals surface area (Å²) in [6, 6.07) is 5.95. The van der Waals surface area contributed by atoms with Crippen LogP contribution in [-0.2, 0) is 0 Å². The second-order valence-electron chi connectivity index (χ2n) is 1.63. The maximum atomic E-state index is 5.74. The second-order valence-corrected chi connectivity index (χ2v) is 4.54. The average molecular weight is 309 g/mol. The minimum atomic E-state index is 0.779. The van der Waals surface area contributed by atoms with Crippen LogP contribution in [0.15, 0.2) is 22.7 Å². The number of halogens is 2. The van der Waals surface area contributed by atoms with Gasteiger partial charge in [0.15, 0.2) is 0 Å². The van der Waals surface area contributed by atoms with E-state index in [4.69, 9.17) is 11.6 Å². The summed E-state index contributed by atoms with van der Waals surface area (Å²) in [4.78, 5) is 0. The Bertz CT molecular complexity index is 224. The van der Waals surface area contributed by atoms with Crippen LogP contribution in [0.2, 0.25) is 5.02 Å². The van der Waals surface area contributed by atoms with Crippen molar-refractivity contribution in [3.8, 4) is 0 Å². The molecule has 0 fully saturated rings. The van der Waals surface area contributed by atoms with Crippen LogP contribution in [0, 0.1) is 0 Å². The molecule has 3 heteroatoms. The van der Waals surface area contributed by atoms with E-state index in [1.807, 2.05) is 18.2 Å². The molecular weight excluding hydrogens is 306 g/mol. The second kappa shape index (κ2) is 3.26. The first-order valence-electron chi connectivity index (χ1n) is 2.37. The van der Waals surface area contributed by atoms with E-state index in [0.29, 0.717) is 0 Å². The van der Waals surface area contributed by atoms with Crippen LogP contribution >= 0.6 is 27.5 Å². The quantitative estimate of drug-likeness (QED) is 0.642. The Morgan fingerprint density at radius 3 is 2.56 bits per heavy atom. The van der Waals surface area contributed by atoms with Crippen molar-refractivity contribution in [2.75, 3.05) is 0 Å².